The van der Waals surface area contributed by atoms with Gasteiger partial charge in [-0.3, -0.25) is 0 Å². The van der Waals surface area contributed by atoms with E-state index in [1.807, 2.05) is 30.3 Å². The fourth-order valence-electron chi connectivity index (χ4n) is 1.80. The standard InChI is InChI=1S/C15H14Cl3N3O4S/c1-2-24-13(22)10(19-14(23)25-8-15(16,17)18)12-21-20-11(26-12)9-6-4-3-5-7-9/h3-7,10H,2,8H2,1H3,(H,19,23). The van der Waals surface area contributed by atoms with E-state index < -0.39 is 28.5 Å². The van der Waals surface area contributed by atoms with Crippen molar-refractivity contribution in [3.05, 3.63) is 35.3 Å². The zero-order valence-corrected chi connectivity index (χ0v) is 16.5. The highest BCUT2D eigenvalue weighted by molar-refractivity contribution is 7.14. The molecule has 2 aromatic rings. The van der Waals surface area contributed by atoms with Crippen molar-refractivity contribution < 1.29 is 19.1 Å². The Morgan fingerprint density at radius 3 is 2.50 bits per heavy atom. The van der Waals surface area contributed by atoms with Crippen LogP contribution in [-0.2, 0) is 14.3 Å². The van der Waals surface area contributed by atoms with Crippen LogP contribution in [-0.4, -0.2) is 39.3 Å². The van der Waals surface area contributed by atoms with Crippen molar-refractivity contribution in [2.75, 3.05) is 13.2 Å². The molecule has 1 atom stereocenters. The third-order valence-corrected chi connectivity index (χ3v) is 4.22. The molecule has 0 saturated carbocycles. The number of amides is 1. The molecule has 1 aromatic carbocycles. The number of hydrogen-bond acceptors (Lipinski definition) is 7. The number of nitrogens with one attached hydrogen (secondary N) is 1. The van der Waals surface area contributed by atoms with E-state index in [1.54, 1.807) is 6.92 Å². The third kappa shape index (κ3) is 6.28. The summed E-state index contributed by atoms with van der Waals surface area (Å²) in [6.07, 6.45) is -0.953. The van der Waals surface area contributed by atoms with Crippen LogP contribution < -0.4 is 5.32 Å². The first kappa shape index (κ1) is 20.7. The van der Waals surface area contributed by atoms with Crippen molar-refractivity contribution in [1.29, 1.82) is 0 Å². The SMILES string of the molecule is CCOC(=O)C(NC(=O)OCC(Cl)(Cl)Cl)c1nnc(-c2ccccc2)s1. The molecule has 0 aliphatic carbocycles. The largest absolute Gasteiger partial charge is 0.464 e. The van der Waals surface area contributed by atoms with Crippen LogP contribution in [0.15, 0.2) is 30.3 Å². The van der Waals surface area contributed by atoms with Gasteiger partial charge in [-0.25, -0.2) is 9.59 Å². The molecular weight excluding hydrogens is 425 g/mol. The van der Waals surface area contributed by atoms with Gasteiger partial charge in [0.25, 0.3) is 0 Å². The molecule has 0 spiro atoms. The number of alkyl carbamates (subject to hydrolysis) is 1. The van der Waals surface area contributed by atoms with Gasteiger partial charge in [-0.1, -0.05) is 76.5 Å². The van der Waals surface area contributed by atoms with Crippen LogP contribution in [0.25, 0.3) is 10.6 Å². The number of hydrogen-bond donors (Lipinski definition) is 1. The Balaban J connectivity index is 2.16. The Kier molecular flexibility index (Phi) is 7.45. The Morgan fingerprint density at radius 2 is 1.88 bits per heavy atom. The topological polar surface area (TPSA) is 90.4 Å². The number of rotatable bonds is 6. The Hall–Kier alpha value is -1.61. The molecule has 140 valence electrons. The van der Waals surface area contributed by atoms with Crippen molar-refractivity contribution in [2.24, 2.45) is 0 Å². The van der Waals surface area contributed by atoms with Crippen LogP contribution in [0.5, 0.6) is 0 Å². The summed E-state index contributed by atoms with van der Waals surface area (Å²) in [5.41, 5.74) is 0.831. The average Bonchev–Trinajstić information content (AvgIpc) is 3.08. The highest BCUT2D eigenvalue weighted by atomic mass is 35.6. The summed E-state index contributed by atoms with van der Waals surface area (Å²) in [6, 6.07) is 8.10. The van der Waals surface area contributed by atoms with E-state index in [-0.39, 0.29) is 11.6 Å². The maximum atomic E-state index is 12.2. The fraction of sp³-hybridized carbons (Fsp3) is 0.333. The molecule has 11 heteroatoms. The minimum Gasteiger partial charge on any atom is -0.464 e. The van der Waals surface area contributed by atoms with E-state index in [0.717, 1.165) is 16.9 Å². The Labute approximate surface area is 168 Å². The molecule has 0 fully saturated rings. The lowest BCUT2D eigenvalue weighted by molar-refractivity contribution is -0.145. The highest BCUT2D eigenvalue weighted by Crippen LogP contribution is 2.28. The smallest absolute Gasteiger partial charge is 0.408 e. The van der Waals surface area contributed by atoms with Gasteiger partial charge in [-0.05, 0) is 6.92 Å². The van der Waals surface area contributed by atoms with E-state index in [0.29, 0.717) is 5.01 Å². The Morgan fingerprint density at radius 1 is 1.19 bits per heavy atom. The van der Waals surface area contributed by atoms with Crippen LogP contribution in [0.4, 0.5) is 4.79 Å². The van der Waals surface area contributed by atoms with Gasteiger partial charge in [0, 0.05) is 5.56 Å². The molecule has 0 aliphatic rings. The third-order valence-electron chi connectivity index (χ3n) is 2.86. The van der Waals surface area contributed by atoms with Gasteiger partial charge >= 0.3 is 12.1 Å². The number of aromatic nitrogens is 2. The monoisotopic (exact) mass is 437 g/mol. The van der Waals surface area contributed by atoms with Crippen molar-refractivity contribution >= 4 is 58.2 Å². The van der Waals surface area contributed by atoms with Crippen molar-refractivity contribution in [3.63, 3.8) is 0 Å². The van der Waals surface area contributed by atoms with Gasteiger partial charge in [-0.2, -0.15) is 0 Å². The molecule has 1 heterocycles. The predicted molar refractivity (Wildman–Crippen MR) is 99.5 cm³/mol. The second-order valence-corrected chi connectivity index (χ2v) is 8.36. The molecule has 1 amide bonds. The quantitative estimate of drug-likeness (QED) is 0.543. The zero-order chi connectivity index (χ0) is 19.2. The van der Waals surface area contributed by atoms with Crippen LogP contribution >= 0.6 is 46.1 Å². The number of esters is 1. The van der Waals surface area contributed by atoms with Crippen LogP contribution in [0.3, 0.4) is 0 Å². The number of ether oxygens (including phenoxy) is 2. The summed E-state index contributed by atoms with van der Waals surface area (Å²) in [7, 11) is 0. The van der Waals surface area contributed by atoms with E-state index in [2.05, 4.69) is 15.5 Å². The average molecular weight is 439 g/mol. The van der Waals surface area contributed by atoms with Crippen LogP contribution in [0, 0.1) is 0 Å². The van der Waals surface area contributed by atoms with E-state index in [9.17, 15) is 9.59 Å². The molecule has 2 rings (SSSR count). The van der Waals surface area contributed by atoms with Gasteiger partial charge in [0.15, 0.2) is 11.0 Å². The normalized spacial score (nSPS) is 12.3. The maximum Gasteiger partial charge on any atom is 0.408 e. The molecule has 7 nitrogen and oxygen atoms in total. The van der Waals surface area contributed by atoms with Crippen LogP contribution in [0.1, 0.15) is 18.0 Å². The summed E-state index contributed by atoms with van der Waals surface area (Å²) < 4.78 is 7.99. The number of nitrogens with zero attached hydrogens (tertiary/aromatic N) is 2. The van der Waals surface area contributed by atoms with Crippen molar-refractivity contribution in [1.82, 2.24) is 15.5 Å². The summed E-state index contributed by atoms with van der Waals surface area (Å²) in [5.74, 6) is -0.700. The van der Waals surface area contributed by atoms with E-state index in [4.69, 9.17) is 44.3 Å². The molecule has 0 aliphatic heterocycles. The van der Waals surface area contributed by atoms with Crippen LogP contribution in [0.2, 0.25) is 0 Å². The summed E-state index contributed by atoms with van der Waals surface area (Å²) in [4.78, 5) is 24.1. The first-order valence-electron chi connectivity index (χ1n) is 7.35. The van der Waals surface area contributed by atoms with Gasteiger partial charge in [0.05, 0.1) is 6.61 Å². The summed E-state index contributed by atoms with van der Waals surface area (Å²) in [5, 5.41) is 11.2. The number of halogens is 3. The second kappa shape index (κ2) is 9.36. The van der Waals surface area contributed by atoms with E-state index in [1.165, 1.54) is 0 Å². The number of benzene rings is 1. The molecular formula is C15H14Cl3N3O4S. The van der Waals surface area contributed by atoms with Crippen molar-refractivity contribution in [3.8, 4) is 10.6 Å². The maximum absolute atomic E-state index is 12.2. The van der Waals surface area contributed by atoms with Crippen molar-refractivity contribution in [2.45, 2.75) is 16.8 Å². The first-order chi connectivity index (χ1) is 12.3. The molecule has 1 aromatic heterocycles. The number of carbonyl (C=O) groups excluding carboxylic acids is 2. The molecule has 1 N–H and O–H groups in total. The Bertz CT molecular complexity index is 752. The number of carbonyl (C=O) groups is 2. The van der Waals surface area contributed by atoms with E-state index >= 15 is 0 Å². The minimum atomic E-state index is -1.76. The molecule has 0 radical (unpaired) electrons. The summed E-state index contributed by atoms with van der Waals surface area (Å²) >= 11 is 17.7. The summed E-state index contributed by atoms with van der Waals surface area (Å²) in [6.45, 7) is 1.29. The first-order valence-corrected chi connectivity index (χ1v) is 9.30. The van der Waals surface area contributed by atoms with Gasteiger partial charge in [0.2, 0.25) is 3.79 Å². The lowest BCUT2D eigenvalue weighted by atomic mass is 10.2. The predicted octanol–water partition coefficient (Wildman–Crippen LogP) is 3.91. The molecule has 0 saturated heterocycles. The lowest BCUT2D eigenvalue weighted by Gasteiger charge is -2.16. The molecule has 0 bridgehead atoms. The lowest BCUT2D eigenvalue weighted by Crippen LogP contribution is -2.36. The van der Waals surface area contributed by atoms with Gasteiger partial charge < -0.3 is 14.8 Å². The van der Waals surface area contributed by atoms with Gasteiger partial charge in [0.1, 0.15) is 11.6 Å². The van der Waals surface area contributed by atoms with Gasteiger partial charge in [-0.15, -0.1) is 10.2 Å². The molecule has 26 heavy (non-hydrogen) atoms. The molecule has 1 unspecified atom stereocenters. The fourth-order valence-corrected chi connectivity index (χ4v) is 2.85. The minimum absolute atomic E-state index is 0.130. The highest BCUT2D eigenvalue weighted by Gasteiger charge is 2.30. The second-order valence-electron chi connectivity index (χ2n) is 4.83. The zero-order valence-electron chi connectivity index (χ0n) is 13.4. The number of alkyl halides is 3.